The van der Waals surface area contributed by atoms with Crippen molar-refractivity contribution in [3.05, 3.63) is 35.1 Å². The molecule has 158 valence electrons. The number of aromatic nitrogens is 1. The Kier molecular flexibility index (Phi) is 6.44. The number of carbonyl (C=O) groups is 2. The molecule has 1 aliphatic heterocycles. The smallest absolute Gasteiger partial charge is 0.444 e. The molecule has 0 spiro atoms. The van der Waals surface area contributed by atoms with Crippen LogP contribution < -0.4 is 11.1 Å². The molecule has 0 aromatic carbocycles. The summed E-state index contributed by atoms with van der Waals surface area (Å²) in [5.41, 5.74) is 5.21. The number of carbonyl (C=O) groups excluding carboxylic acids is 2. The Morgan fingerprint density at radius 1 is 1.21 bits per heavy atom. The average Bonchev–Trinajstić information content (AvgIpc) is 2.77. The quantitative estimate of drug-likeness (QED) is 0.731. The fraction of sp³-hybridized carbons (Fsp3) is 0.550. The number of nitrogens with zero attached hydrogens (tertiary/aromatic N) is 1. The summed E-state index contributed by atoms with van der Waals surface area (Å²) in [4.78, 5) is 27.6. The van der Waals surface area contributed by atoms with Crippen molar-refractivity contribution in [2.24, 2.45) is 5.73 Å². The van der Waals surface area contributed by atoms with Crippen molar-refractivity contribution >= 4 is 25.2 Å². The summed E-state index contributed by atoms with van der Waals surface area (Å²) in [5.74, 6) is -0.572. The number of amides is 2. The number of ether oxygens (including phenoxy) is 1. The van der Waals surface area contributed by atoms with Crippen LogP contribution >= 0.6 is 0 Å². The maximum absolute atomic E-state index is 12.1. The van der Waals surface area contributed by atoms with Gasteiger partial charge in [0.05, 0.1) is 16.8 Å². The Balaban J connectivity index is 2.30. The summed E-state index contributed by atoms with van der Waals surface area (Å²) in [5, 5.41) is 2.73. The van der Waals surface area contributed by atoms with E-state index in [4.69, 9.17) is 19.8 Å². The zero-order valence-corrected chi connectivity index (χ0v) is 18.2. The van der Waals surface area contributed by atoms with Crippen molar-refractivity contribution < 1.29 is 23.6 Å². The second kappa shape index (κ2) is 8.16. The number of rotatable bonds is 5. The molecule has 2 rings (SSSR count). The Bertz CT molecular complexity index is 799. The zero-order chi connectivity index (χ0) is 22.0. The van der Waals surface area contributed by atoms with E-state index in [0.717, 1.165) is 0 Å². The molecule has 2 heterocycles. The van der Waals surface area contributed by atoms with Gasteiger partial charge in [0.25, 0.3) is 0 Å². The van der Waals surface area contributed by atoms with Crippen LogP contribution in [0.3, 0.4) is 0 Å². The molecule has 0 atom stereocenters. The van der Waals surface area contributed by atoms with Gasteiger partial charge >= 0.3 is 13.2 Å². The Labute approximate surface area is 172 Å². The van der Waals surface area contributed by atoms with E-state index in [9.17, 15) is 9.59 Å². The molecule has 1 saturated heterocycles. The molecule has 29 heavy (non-hydrogen) atoms. The van der Waals surface area contributed by atoms with Crippen LogP contribution in [0.1, 0.15) is 64.4 Å². The fourth-order valence-corrected chi connectivity index (χ4v) is 2.57. The van der Waals surface area contributed by atoms with Gasteiger partial charge in [0.1, 0.15) is 5.60 Å². The van der Waals surface area contributed by atoms with Crippen LogP contribution in [0, 0.1) is 0 Å². The predicted octanol–water partition coefficient (Wildman–Crippen LogP) is 2.72. The molecule has 0 radical (unpaired) electrons. The van der Waals surface area contributed by atoms with Gasteiger partial charge in [-0.1, -0.05) is 6.08 Å². The first-order valence-corrected chi connectivity index (χ1v) is 9.48. The van der Waals surface area contributed by atoms with Gasteiger partial charge in [0, 0.05) is 18.9 Å². The van der Waals surface area contributed by atoms with Gasteiger partial charge in [-0.3, -0.25) is 9.78 Å². The highest BCUT2D eigenvalue weighted by molar-refractivity contribution is 6.56. The third-order valence-corrected chi connectivity index (χ3v) is 4.79. The highest BCUT2D eigenvalue weighted by Gasteiger charge is 2.52. The van der Waals surface area contributed by atoms with Crippen molar-refractivity contribution in [1.82, 2.24) is 10.3 Å². The standard InChI is InChI=1S/C20H30BN3O5/c1-18(2,3)27-17(26)24-12-15(21-28-19(4,5)20(6,7)29-21)9-13-8-14(16(22)25)11-23-10-13/h8-11H,12H2,1-7H3,(H2,22,25)(H,24,26). The molecule has 8 nitrogen and oxygen atoms in total. The maximum atomic E-state index is 12.1. The van der Waals surface area contributed by atoms with Crippen molar-refractivity contribution in [1.29, 1.82) is 0 Å². The summed E-state index contributed by atoms with van der Waals surface area (Å²) in [6.07, 6.45) is 4.20. The van der Waals surface area contributed by atoms with Gasteiger partial charge in [-0.25, -0.2) is 4.79 Å². The minimum absolute atomic E-state index is 0.131. The van der Waals surface area contributed by atoms with Gasteiger partial charge in [-0.05, 0) is 65.6 Å². The highest BCUT2D eigenvalue weighted by atomic mass is 16.7. The van der Waals surface area contributed by atoms with Crippen LogP contribution in [0.2, 0.25) is 0 Å². The number of hydrogen-bond donors (Lipinski definition) is 2. The molecule has 1 fully saturated rings. The van der Waals surface area contributed by atoms with Crippen LogP contribution in [0.4, 0.5) is 4.79 Å². The summed E-state index contributed by atoms with van der Waals surface area (Å²) >= 11 is 0. The number of primary amides is 1. The molecule has 1 aromatic heterocycles. The Morgan fingerprint density at radius 2 is 1.79 bits per heavy atom. The van der Waals surface area contributed by atoms with E-state index in [1.807, 2.05) is 27.7 Å². The Morgan fingerprint density at radius 3 is 2.31 bits per heavy atom. The number of hydrogen-bond acceptors (Lipinski definition) is 6. The minimum Gasteiger partial charge on any atom is -0.444 e. The summed E-state index contributed by atoms with van der Waals surface area (Å²) < 4.78 is 17.5. The molecule has 3 N–H and O–H groups in total. The van der Waals surface area contributed by atoms with Gasteiger partial charge in [0.2, 0.25) is 5.91 Å². The molecular weight excluding hydrogens is 373 g/mol. The monoisotopic (exact) mass is 403 g/mol. The first kappa shape index (κ1) is 22.9. The summed E-state index contributed by atoms with van der Waals surface area (Å²) in [6, 6.07) is 1.62. The molecule has 0 unspecified atom stereocenters. The van der Waals surface area contributed by atoms with Crippen LogP contribution in [-0.4, -0.2) is 47.5 Å². The lowest BCUT2D eigenvalue weighted by Crippen LogP contribution is -2.41. The SMILES string of the molecule is CC(C)(C)OC(=O)NCC(=Cc1cncc(C(N)=O)c1)B1OC(C)(C)C(C)(C)O1. The number of nitrogens with one attached hydrogen (secondary N) is 1. The lowest BCUT2D eigenvalue weighted by Gasteiger charge is -2.32. The molecule has 0 bridgehead atoms. The van der Waals surface area contributed by atoms with E-state index in [0.29, 0.717) is 11.0 Å². The van der Waals surface area contributed by atoms with E-state index in [1.54, 1.807) is 39.1 Å². The van der Waals surface area contributed by atoms with Crippen LogP contribution in [0.5, 0.6) is 0 Å². The van der Waals surface area contributed by atoms with Crippen molar-refractivity contribution in [2.75, 3.05) is 6.54 Å². The molecule has 0 saturated carbocycles. The van der Waals surface area contributed by atoms with E-state index in [2.05, 4.69) is 10.3 Å². The van der Waals surface area contributed by atoms with Gasteiger partial charge in [-0.2, -0.15) is 0 Å². The van der Waals surface area contributed by atoms with Crippen LogP contribution in [0.15, 0.2) is 23.9 Å². The third-order valence-electron chi connectivity index (χ3n) is 4.79. The van der Waals surface area contributed by atoms with Gasteiger partial charge < -0.3 is 25.1 Å². The predicted molar refractivity (Wildman–Crippen MR) is 111 cm³/mol. The highest BCUT2D eigenvalue weighted by Crippen LogP contribution is 2.38. The third kappa shape index (κ3) is 6.04. The van der Waals surface area contributed by atoms with Crippen LogP contribution in [0.25, 0.3) is 6.08 Å². The second-order valence-electron chi connectivity index (χ2n) is 9.03. The molecule has 2 amide bonds. The van der Waals surface area contributed by atoms with Crippen molar-refractivity contribution in [2.45, 2.75) is 65.3 Å². The number of pyridine rings is 1. The van der Waals surface area contributed by atoms with Gasteiger partial charge in [0.15, 0.2) is 0 Å². The molecule has 9 heteroatoms. The topological polar surface area (TPSA) is 113 Å². The normalized spacial score (nSPS) is 18.4. The first-order valence-electron chi connectivity index (χ1n) is 9.48. The maximum Gasteiger partial charge on any atom is 0.492 e. The first-order chi connectivity index (χ1) is 13.2. The largest absolute Gasteiger partial charge is 0.492 e. The molecule has 1 aromatic rings. The lowest BCUT2D eigenvalue weighted by atomic mass is 9.77. The van der Waals surface area contributed by atoms with E-state index >= 15 is 0 Å². The molecule has 0 aliphatic carbocycles. The van der Waals surface area contributed by atoms with Gasteiger partial charge in [-0.15, -0.1) is 0 Å². The minimum atomic E-state index is -0.688. The number of alkyl carbamates (subject to hydrolysis) is 1. The number of nitrogens with two attached hydrogens (primary N) is 1. The Hall–Kier alpha value is -2.39. The fourth-order valence-electron chi connectivity index (χ4n) is 2.57. The second-order valence-corrected chi connectivity index (χ2v) is 9.03. The van der Waals surface area contributed by atoms with Crippen molar-refractivity contribution in [3.63, 3.8) is 0 Å². The van der Waals surface area contributed by atoms with E-state index in [1.165, 1.54) is 6.20 Å². The zero-order valence-electron chi connectivity index (χ0n) is 18.2. The average molecular weight is 403 g/mol. The van der Waals surface area contributed by atoms with E-state index in [-0.39, 0.29) is 12.1 Å². The summed E-state index contributed by atoms with van der Waals surface area (Å²) in [7, 11) is -0.688. The van der Waals surface area contributed by atoms with Crippen molar-refractivity contribution in [3.8, 4) is 0 Å². The summed E-state index contributed by atoms with van der Waals surface area (Å²) in [6.45, 7) is 13.3. The lowest BCUT2D eigenvalue weighted by molar-refractivity contribution is 0.00578. The van der Waals surface area contributed by atoms with Crippen LogP contribution in [-0.2, 0) is 14.0 Å². The van der Waals surface area contributed by atoms with E-state index < -0.39 is 35.9 Å². The molecular formula is C20H30BN3O5. The molecule has 1 aliphatic rings.